The Hall–Kier alpha value is -6.84. The molecule has 0 spiro atoms. The lowest BCUT2D eigenvalue weighted by Gasteiger charge is -2.15. The van der Waals surface area contributed by atoms with Gasteiger partial charge in [-0.15, -0.1) is 0 Å². The Balaban J connectivity index is 1.29. The van der Waals surface area contributed by atoms with Crippen LogP contribution >= 0.6 is 0 Å². The zero-order chi connectivity index (χ0) is 33.5. The molecule has 0 bridgehead atoms. The van der Waals surface area contributed by atoms with E-state index in [1.165, 1.54) is 54.8 Å². The first-order chi connectivity index (χ1) is 25.3. The molecule has 3 heterocycles. The number of hydrogen-bond acceptors (Lipinski definition) is 1. The molecule has 238 valence electrons. The molecule has 0 saturated carbocycles. The summed E-state index contributed by atoms with van der Waals surface area (Å²) in [7, 11) is 0. The van der Waals surface area contributed by atoms with Gasteiger partial charge in [-0.05, 0) is 70.8 Å². The van der Waals surface area contributed by atoms with Crippen LogP contribution in [0, 0.1) is 0 Å². The monoisotopic (exact) mass is 650 g/mol. The molecule has 0 aliphatic carbocycles. The first kappa shape index (κ1) is 28.0. The molecule has 11 aromatic rings. The molecule has 0 fully saturated rings. The van der Waals surface area contributed by atoms with E-state index in [-0.39, 0.29) is 0 Å². The number of nitrogens with zero attached hydrogens (tertiary/aromatic N) is 2. The van der Waals surface area contributed by atoms with E-state index >= 15 is 0 Å². The third-order valence-electron chi connectivity index (χ3n) is 10.5. The maximum Gasteiger partial charge on any atom is 0.159 e. The van der Waals surface area contributed by atoms with Crippen LogP contribution in [0.1, 0.15) is 0 Å². The van der Waals surface area contributed by atoms with Crippen LogP contribution < -0.4 is 0 Å². The summed E-state index contributed by atoms with van der Waals surface area (Å²) >= 11 is 0. The Morgan fingerprint density at radius 1 is 0.353 bits per heavy atom. The minimum Gasteiger partial charge on any atom is -0.454 e. The predicted molar refractivity (Wildman–Crippen MR) is 213 cm³/mol. The van der Waals surface area contributed by atoms with E-state index in [0.717, 1.165) is 44.3 Å². The van der Waals surface area contributed by atoms with Crippen molar-refractivity contribution in [3.63, 3.8) is 0 Å². The lowest BCUT2D eigenvalue weighted by atomic mass is 9.98. The number of rotatable bonds is 4. The Morgan fingerprint density at radius 3 is 1.67 bits per heavy atom. The van der Waals surface area contributed by atoms with Crippen LogP contribution in [0.15, 0.2) is 186 Å². The molecule has 0 radical (unpaired) electrons. The van der Waals surface area contributed by atoms with Crippen molar-refractivity contribution in [3.8, 4) is 33.6 Å². The highest BCUT2D eigenvalue weighted by atomic mass is 16.3. The van der Waals surface area contributed by atoms with Crippen LogP contribution in [-0.4, -0.2) is 9.13 Å². The fourth-order valence-corrected chi connectivity index (χ4v) is 8.28. The predicted octanol–water partition coefficient (Wildman–Crippen LogP) is 13.1. The van der Waals surface area contributed by atoms with Crippen LogP contribution in [0.3, 0.4) is 0 Å². The van der Waals surface area contributed by atoms with E-state index in [4.69, 9.17) is 4.42 Å². The van der Waals surface area contributed by atoms with Gasteiger partial charge in [-0.25, -0.2) is 0 Å². The Bertz CT molecular complexity index is 3070. The molecule has 11 rings (SSSR count). The van der Waals surface area contributed by atoms with Crippen molar-refractivity contribution in [1.29, 1.82) is 0 Å². The minimum atomic E-state index is 0.894. The van der Waals surface area contributed by atoms with Gasteiger partial charge in [-0.3, -0.25) is 0 Å². The summed E-state index contributed by atoms with van der Waals surface area (Å²) in [6, 6.07) is 65.5. The van der Waals surface area contributed by atoms with Crippen molar-refractivity contribution in [2.75, 3.05) is 0 Å². The fraction of sp³-hybridized carbons (Fsp3) is 0. The van der Waals surface area contributed by atoms with Gasteiger partial charge in [0, 0.05) is 38.0 Å². The van der Waals surface area contributed by atoms with E-state index < -0.39 is 0 Å². The number of aromatic nitrogens is 2. The Labute approximate surface area is 293 Å². The second-order valence-corrected chi connectivity index (χ2v) is 13.3. The normalized spacial score (nSPS) is 11.9. The molecule has 0 N–H and O–H groups in total. The largest absolute Gasteiger partial charge is 0.454 e. The number of furan rings is 1. The Kier molecular flexibility index (Phi) is 5.96. The zero-order valence-corrected chi connectivity index (χ0v) is 27.6. The molecule has 51 heavy (non-hydrogen) atoms. The minimum absolute atomic E-state index is 0.894. The van der Waals surface area contributed by atoms with Gasteiger partial charge in [0.15, 0.2) is 5.58 Å². The second kappa shape index (κ2) is 10.8. The van der Waals surface area contributed by atoms with Crippen LogP contribution in [0.2, 0.25) is 0 Å². The second-order valence-electron chi connectivity index (χ2n) is 13.3. The molecule has 0 aliphatic rings. The highest BCUT2D eigenvalue weighted by Gasteiger charge is 2.23. The highest BCUT2D eigenvalue weighted by molar-refractivity contribution is 6.26. The summed E-state index contributed by atoms with van der Waals surface area (Å²) in [4.78, 5) is 0. The number of hydrogen-bond donors (Lipinski definition) is 0. The third kappa shape index (κ3) is 4.12. The summed E-state index contributed by atoms with van der Waals surface area (Å²) in [5.41, 5.74) is 13.4. The number of fused-ring (bicyclic) bond motifs is 10. The molecule has 3 heteroatoms. The van der Waals surface area contributed by atoms with Crippen molar-refractivity contribution in [2.45, 2.75) is 0 Å². The van der Waals surface area contributed by atoms with Gasteiger partial charge in [0.1, 0.15) is 5.58 Å². The van der Waals surface area contributed by atoms with Gasteiger partial charge in [-0.1, -0.05) is 133 Å². The zero-order valence-electron chi connectivity index (χ0n) is 27.6. The van der Waals surface area contributed by atoms with E-state index in [0.29, 0.717) is 0 Å². The third-order valence-corrected chi connectivity index (χ3v) is 10.5. The average molecular weight is 651 g/mol. The molecular formula is C48H30N2O. The summed E-state index contributed by atoms with van der Waals surface area (Å²) < 4.78 is 11.5. The maximum absolute atomic E-state index is 6.62. The molecule has 0 saturated heterocycles. The van der Waals surface area contributed by atoms with Gasteiger partial charge in [-0.2, -0.15) is 0 Å². The van der Waals surface area contributed by atoms with Crippen molar-refractivity contribution in [3.05, 3.63) is 182 Å². The molecular weight excluding hydrogens is 621 g/mol. The van der Waals surface area contributed by atoms with E-state index in [9.17, 15) is 0 Å². The topological polar surface area (TPSA) is 23.0 Å². The molecule has 0 aliphatic heterocycles. The quantitative estimate of drug-likeness (QED) is 0.186. The highest BCUT2D eigenvalue weighted by Crippen LogP contribution is 2.44. The maximum atomic E-state index is 6.62. The van der Waals surface area contributed by atoms with Crippen molar-refractivity contribution in [2.24, 2.45) is 0 Å². The van der Waals surface area contributed by atoms with Crippen molar-refractivity contribution < 1.29 is 4.42 Å². The van der Waals surface area contributed by atoms with Crippen molar-refractivity contribution >= 4 is 65.6 Å². The fourth-order valence-electron chi connectivity index (χ4n) is 8.28. The SMILES string of the molecule is c1ccc(-c2cc(-c3ccccc3)cc(-n3c4ccccc4c4ccc5c(c6ccccc6n5-c5cccc6c5oc5ccccc56)c43)c2)cc1. The average Bonchev–Trinajstić information content (AvgIpc) is 3.86. The van der Waals surface area contributed by atoms with E-state index in [2.05, 4.69) is 185 Å². The van der Waals surface area contributed by atoms with Gasteiger partial charge in [0.05, 0.1) is 27.8 Å². The molecule has 3 aromatic heterocycles. The first-order valence-electron chi connectivity index (χ1n) is 17.4. The lowest BCUT2D eigenvalue weighted by molar-refractivity contribution is 0.666. The summed E-state index contributed by atoms with van der Waals surface area (Å²) in [6.07, 6.45) is 0. The van der Waals surface area contributed by atoms with Gasteiger partial charge in [0.25, 0.3) is 0 Å². The van der Waals surface area contributed by atoms with Crippen LogP contribution in [-0.2, 0) is 0 Å². The van der Waals surface area contributed by atoms with Gasteiger partial charge >= 0.3 is 0 Å². The van der Waals surface area contributed by atoms with Crippen molar-refractivity contribution in [1.82, 2.24) is 9.13 Å². The first-order valence-corrected chi connectivity index (χ1v) is 17.4. The molecule has 3 nitrogen and oxygen atoms in total. The van der Waals surface area contributed by atoms with E-state index in [1.807, 2.05) is 6.07 Å². The molecule has 8 aromatic carbocycles. The molecule has 0 amide bonds. The number of benzene rings is 8. The smallest absolute Gasteiger partial charge is 0.159 e. The summed E-state index contributed by atoms with van der Waals surface area (Å²) in [5, 5.41) is 7.14. The van der Waals surface area contributed by atoms with Crippen LogP contribution in [0.25, 0.3) is 99.2 Å². The van der Waals surface area contributed by atoms with Crippen LogP contribution in [0.4, 0.5) is 0 Å². The standard InChI is InChI=1S/C48H30N2O/c1-3-14-31(15-4-1)33-28-34(32-16-5-2-6-17-32)30-35(29-33)49-41-22-10-7-18-36(41)38-26-27-43-46(47(38)49)40-20-8-11-23-42(40)50(43)44-24-13-21-39-37-19-9-12-25-45(37)51-48(39)44/h1-30H. The van der Waals surface area contributed by atoms with Gasteiger partial charge < -0.3 is 13.6 Å². The summed E-state index contributed by atoms with van der Waals surface area (Å²) in [6.45, 7) is 0. The number of para-hydroxylation sites is 4. The molecule has 0 unspecified atom stereocenters. The summed E-state index contributed by atoms with van der Waals surface area (Å²) in [5.74, 6) is 0. The van der Waals surface area contributed by atoms with E-state index in [1.54, 1.807) is 0 Å². The van der Waals surface area contributed by atoms with Gasteiger partial charge in [0.2, 0.25) is 0 Å². The van der Waals surface area contributed by atoms with Crippen LogP contribution in [0.5, 0.6) is 0 Å². The Morgan fingerprint density at radius 2 is 0.941 bits per heavy atom. The molecule has 0 atom stereocenters. The lowest BCUT2D eigenvalue weighted by Crippen LogP contribution is -1.97.